The molecule has 0 N–H and O–H groups in total. The lowest BCUT2D eigenvalue weighted by atomic mass is 10.2. The predicted octanol–water partition coefficient (Wildman–Crippen LogP) is 2.43. The maximum atomic E-state index is 12.4. The van der Waals surface area contributed by atoms with Gasteiger partial charge in [0.1, 0.15) is 29.8 Å². The van der Waals surface area contributed by atoms with E-state index in [9.17, 15) is 14.4 Å². The lowest BCUT2D eigenvalue weighted by molar-refractivity contribution is -0.145. The molecule has 7 nitrogen and oxygen atoms in total. The van der Waals surface area contributed by atoms with Crippen molar-refractivity contribution in [3.63, 3.8) is 0 Å². The van der Waals surface area contributed by atoms with Crippen molar-refractivity contribution in [3.8, 4) is 5.75 Å². The number of hydrogen-bond acceptors (Lipinski definition) is 6. The van der Waals surface area contributed by atoms with Gasteiger partial charge in [-0.2, -0.15) is 0 Å². The number of esters is 1. The number of benzene rings is 1. The molecule has 1 amide bonds. The second-order valence-electron chi connectivity index (χ2n) is 6.83. The quantitative estimate of drug-likeness (QED) is 0.613. The fourth-order valence-corrected chi connectivity index (χ4v) is 2.58. The van der Waals surface area contributed by atoms with Crippen LogP contribution in [0.15, 0.2) is 24.3 Å². The first-order chi connectivity index (χ1) is 11.7. The Balaban J connectivity index is 2.10. The van der Waals surface area contributed by atoms with E-state index in [1.54, 1.807) is 45.0 Å². The highest BCUT2D eigenvalue weighted by atomic mass is 16.6. The molecule has 1 fully saturated rings. The molecule has 2 rings (SSSR count). The SMILES string of the molecule is COC(=O)[C@@H]1C[C@H](Oc2ccc(C=O)cc2)CN1C(=O)OC(C)(C)C. The van der Waals surface area contributed by atoms with Gasteiger partial charge >= 0.3 is 12.1 Å². The Labute approximate surface area is 146 Å². The molecular formula is C18H23NO6. The summed E-state index contributed by atoms with van der Waals surface area (Å²) in [5, 5.41) is 0. The summed E-state index contributed by atoms with van der Waals surface area (Å²) in [6, 6.07) is 5.88. The fourth-order valence-electron chi connectivity index (χ4n) is 2.58. The van der Waals surface area contributed by atoms with E-state index >= 15 is 0 Å². The van der Waals surface area contributed by atoms with Gasteiger partial charge in [-0.3, -0.25) is 9.69 Å². The summed E-state index contributed by atoms with van der Waals surface area (Å²) in [6.45, 7) is 5.49. The Kier molecular flexibility index (Phi) is 5.66. The zero-order valence-electron chi connectivity index (χ0n) is 14.9. The number of aldehydes is 1. The van der Waals surface area contributed by atoms with Crippen molar-refractivity contribution < 1.29 is 28.6 Å². The first-order valence-electron chi connectivity index (χ1n) is 8.03. The number of nitrogens with zero attached hydrogens (tertiary/aromatic N) is 1. The summed E-state index contributed by atoms with van der Waals surface area (Å²) in [6.07, 6.45) is 0.0992. The molecule has 1 aromatic rings. The van der Waals surface area contributed by atoms with Gasteiger partial charge in [0.05, 0.1) is 13.7 Å². The zero-order valence-corrected chi connectivity index (χ0v) is 14.9. The number of carbonyl (C=O) groups excluding carboxylic acids is 3. The fraction of sp³-hybridized carbons (Fsp3) is 0.500. The molecule has 0 saturated carbocycles. The molecule has 0 bridgehead atoms. The van der Waals surface area contributed by atoms with Gasteiger partial charge < -0.3 is 14.2 Å². The van der Waals surface area contributed by atoms with Gasteiger partial charge in [-0.25, -0.2) is 9.59 Å². The van der Waals surface area contributed by atoms with Gasteiger partial charge in [0.25, 0.3) is 0 Å². The minimum Gasteiger partial charge on any atom is -0.488 e. The number of carbonyl (C=O) groups is 3. The average molecular weight is 349 g/mol. The van der Waals surface area contributed by atoms with Crippen molar-refractivity contribution in [1.29, 1.82) is 0 Å². The molecule has 1 heterocycles. The lowest BCUT2D eigenvalue weighted by Gasteiger charge is -2.27. The standard InChI is InChI=1S/C18H23NO6/c1-18(2,3)25-17(22)19-10-14(9-15(19)16(21)23-4)24-13-7-5-12(11-20)6-8-13/h5-8,11,14-15H,9-10H2,1-4H3/t14-,15-/m0/s1. The van der Waals surface area contributed by atoms with E-state index in [-0.39, 0.29) is 12.6 Å². The van der Waals surface area contributed by atoms with Gasteiger partial charge in [-0.1, -0.05) is 0 Å². The third-order valence-electron chi connectivity index (χ3n) is 3.68. The van der Waals surface area contributed by atoms with Crippen LogP contribution in [0.4, 0.5) is 4.79 Å². The van der Waals surface area contributed by atoms with Crippen LogP contribution in [-0.4, -0.2) is 54.7 Å². The molecule has 1 aromatic carbocycles. The largest absolute Gasteiger partial charge is 0.488 e. The topological polar surface area (TPSA) is 82.1 Å². The Hall–Kier alpha value is -2.57. The molecule has 0 aliphatic carbocycles. The van der Waals surface area contributed by atoms with Crippen LogP contribution in [0.5, 0.6) is 5.75 Å². The molecule has 136 valence electrons. The molecule has 2 atom stereocenters. The highest BCUT2D eigenvalue weighted by molar-refractivity contribution is 5.82. The van der Waals surface area contributed by atoms with Crippen LogP contribution < -0.4 is 4.74 Å². The van der Waals surface area contributed by atoms with Crippen molar-refractivity contribution in [2.45, 2.75) is 44.9 Å². The summed E-state index contributed by atoms with van der Waals surface area (Å²) in [5.41, 5.74) is -0.122. The molecular weight excluding hydrogens is 326 g/mol. The summed E-state index contributed by atoms with van der Waals surface area (Å²) in [5.74, 6) is 0.0542. The summed E-state index contributed by atoms with van der Waals surface area (Å²) >= 11 is 0. The second-order valence-corrected chi connectivity index (χ2v) is 6.83. The molecule has 0 aromatic heterocycles. The van der Waals surface area contributed by atoms with Gasteiger partial charge in [-0.05, 0) is 45.0 Å². The van der Waals surface area contributed by atoms with E-state index in [2.05, 4.69) is 0 Å². The third-order valence-corrected chi connectivity index (χ3v) is 3.68. The number of methoxy groups -OCH3 is 1. The highest BCUT2D eigenvalue weighted by Gasteiger charge is 2.43. The average Bonchev–Trinajstić information content (AvgIpc) is 2.97. The van der Waals surface area contributed by atoms with E-state index in [1.165, 1.54) is 12.0 Å². The van der Waals surface area contributed by atoms with Crippen LogP contribution in [-0.2, 0) is 14.3 Å². The van der Waals surface area contributed by atoms with Gasteiger partial charge in [0.2, 0.25) is 0 Å². The second kappa shape index (κ2) is 7.55. The van der Waals surface area contributed by atoms with Crippen LogP contribution in [0.2, 0.25) is 0 Å². The molecule has 1 aliphatic heterocycles. The van der Waals surface area contributed by atoms with Crippen molar-refractivity contribution >= 4 is 18.3 Å². The van der Waals surface area contributed by atoms with E-state index < -0.39 is 23.7 Å². The molecule has 1 aliphatic rings. The number of ether oxygens (including phenoxy) is 3. The molecule has 0 unspecified atom stereocenters. The summed E-state index contributed by atoms with van der Waals surface area (Å²) in [4.78, 5) is 36.4. The van der Waals surface area contributed by atoms with Crippen LogP contribution in [0, 0.1) is 0 Å². The maximum absolute atomic E-state index is 12.4. The van der Waals surface area contributed by atoms with E-state index in [0.29, 0.717) is 17.7 Å². The predicted molar refractivity (Wildman–Crippen MR) is 89.6 cm³/mol. The normalized spacial score (nSPS) is 20.1. The minimum atomic E-state index is -0.751. The lowest BCUT2D eigenvalue weighted by Crippen LogP contribution is -2.44. The highest BCUT2D eigenvalue weighted by Crippen LogP contribution is 2.26. The molecule has 1 saturated heterocycles. The number of hydrogen-bond donors (Lipinski definition) is 0. The number of amides is 1. The third kappa shape index (κ3) is 4.95. The van der Waals surface area contributed by atoms with Crippen LogP contribution in [0.3, 0.4) is 0 Å². The molecule has 0 radical (unpaired) electrons. The number of rotatable bonds is 4. The number of likely N-dealkylation sites (tertiary alicyclic amines) is 1. The van der Waals surface area contributed by atoms with E-state index in [1.807, 2.05) is 0 Å². The first-order valence-corrected chi connectivity index (χ1v) is 8.03. The van der Waals surface area contributed by atoms with E-state index in [4.69, 9.17) is 14.2 Å². The van der Waals surface area contributed by atoms with Crippen molar-refractivity contribution in [1.82, 2.24) is 4.90 Å². The van der Waals surface area contributed by atoms with Gasteiger partial charge in [0, 0.05) is 12.0 Å². The van der Waals surface area contributed by atoms with Gasteiger partial charge in [0.15, 0.2) is 0 Å². The Bertz CT molecular complexity index is 634. The minimum absolute atomic E-state index is 0.212. The van der Waals surface area contributed by atoms with Crippen LogP contribution in [0.1, 0.15) is 37.6 Å². The van der Waals surface area contributed by atoms with Crippen molar-refractivity contribution in [2.24, 2.45) is 0 Å². The molecule has 25 heavy (non-hydrogen) atoms. The summed E-state index contributed by atoms with van der Waals surface area (Å²) < 4.78 is 16.0. The van der Waals surface area contributed by atoms with Gasteiger partial charge in [-0.15, -0.1) is 0 Å². The first kappa shape index (κ1) is 18.8. The Morgan fingerprint density at radius 3 is 2.36 bits per heavy atom. The van der Waals surface area contributed by atoms with Crippen molar-refractivity contribution in [3.05, 3.63) is 29.8 Å². The molecule has 0 spiro atoms. The zero-order chi connectivity index (χ0) is 18.6. The smallest absolute Gasteiger partial charge is 0.411 e. The van der Waals surface area contributed by atoms with Crippen LogP contribution >= 0.6 is 0 Å². The van der Waals surface area contributed by atoms with Crippen molar-refractivity contribution in [2.75, 3.05) is 13.7 Å². The monoisotopic (exact) mass is 349 g/mol. The molecule has 7 heteroatoms. The van der Waals surface area contributed by atoms with Crippen LogP contribution in [0.25, 0.3) is 0 Å². The Morgan fingerprint density at radius 1 is 1.20 bits per heavy atom. The Morgan fingerprint density at radius 2 is 1.84 bits per heavy atom. The van der Waals surface area contributed by atoms with E-state index in [0.717, 1.165) is 6.29 Å². The maximum Gasteiger partial charge on any atom is 0.411 e. The summed E-state index contributed by atoms with van der Waals surface area (Å²) in [7, 11) is 1.28.